The van der Waals surface area contributed by atoms with Gasteiger partial charge in [-0.3, -0.25) is 9.59 Å². The van der Waals surface area contributed by atoms with Crippen molar-refractivity contribution in [3.05, 3.63) is 33.2 Å². The number of pyridine rings is 1. The van der Waals surface area contributed by atoms with Crippen molar-refractivity contribution in [1.82, 2.24) is 15.2 Å². The smallest absolute Gasteiger partial charge is 0.261 e. The summed E-state index contributed by atoms with van der Waals surface area (Å²) < 4.78 is 0. The Bertz CT molecular complexity index is 703. The first-order valence-electron chi connectivity index (χ1n) is 10.1. The zero-order valence-corrected chi connectivity index (χ0v) is 16.2. The predicted molar refractivity (Wildman–Crippen MR) is 106 cm³/mol. The van der Waals surface area contributed by atoms with Crippen molar-refractivity contribution in [2.24, 2.45) is 0 Å². The van der Waals surface area contributed by atoms with Crippen LogP contribution in [0.5, 0.6) is 0 Å². The molecule has 3 aliphatic rings. The van der Waals surface area contributed by atoms with E-state index in [9.17, 15) is 9.59 Å². The lowest BCUT2D eigenvalue weighted by Gasteiger charge is -2.39. The third kappa shape index (κ3) is 4.01. The van der Waals surface area contributed by atoms with E-state index in [0.717, 1.165) is 68.9 Å². The van der Waals surface area contributed by atoms with Crippen molar-refractivity contribution in [1.29, 1.82) is 0 Å². The lowest BCUT2D eigenvalue weighted by atomic mass is 9.94. The number of carbonyl (C=O) groups excluding carboxylic acids is 1. The minimum absolute atomic E-state index is 0.187. The number of aromatic nitrogens is 1. The zero-order valence-electron chi connectivity index (χ0n) is 15.4. The quantitative estimate of drug-likeness (QED) is 0.851. The van der Waals surface area contributed by atoms with Gasteiger partial charge < -0.3 is 15.2 Å². The van der Waals surface area contributed by atoms with E-state index in [1.165, 1.54) is 24.3 Å². The summed E-state index contributed by atoms with van der Waals surface area (Å²) in [4.78, 5) is 30.5. The highest BCUT2D eigenvalue weighted by atomic mass is 32.2. The molecule has 4 rings (SSSR count). The standard InChI is InChI=1S/C20H29N3O2S/c24-19(17-13-14-3-1-2-4-18(14)22-20(17)25)21-15-5-9-23(10-6-15)16-7-11-26-12-8-16/h13,15-16H,1-12H2,(H,21,24)(H,22,25). The van der Waals surface area contributed by atoms with E-state index in [0.29, 0.717) is 0 Å². The Hall–Kier alpha value is -1.27. The van der Waals surface area contributed by atoms with Crippen LogP contribution in [0.4, 0.5) is 0 Å². The average molecular weight is 376 g/mol. The van der Waals surface area contributed by atoms with Gasteiger partial charge in [-0.05, 0) is 74.5 Å². The van der Waals surface area contributed by atoms with Gasteiger partial charge in [-0.25, -0.2) is 0 Å². The predicted octanol–water partition coefficient (Wildman–Crippen LogP) is 2.34. The molecule has 142 valence electrons. The number of carbonyl (C=O) groups is 1. The summed E-state index contributed by atoms with van der Waals surface area (Å²) in [5, 5.41) is 3.12. The number of fused-ring (bicyclic) bond motifs is 1. The molecule has 2 aliphatic heterocycles. The molecule has 1 aliphatic carbocycles. The summed E-state index contributed by atoms with van der Waals surface area (Å²) in [6.45, 7) is 2.11. The Kier molecular flexibility index (Phi) is 5.69. The number of hydrogen-bond donors (Lipinski definition) is 2. The van der Waals surface area contributed by atoms with Crippen molar-refractivity contribution < 1.29 is 4.79 Å². The number of H-pyrrole nitrogens is 1. The molecule has 0 atom stereocenters. The van der Waals surface area contributed by atoms with Crippen molar-refractivity contribution in [3.63, 3.8) is 0 Å². The number of nitrogens with zero attached hydrogens (tertiary/aromatic N) is 1. The van der Waals surface area contributed by atoms with E-state index >= 15 is 0 Å². The number of amides is 1. The first-order chi connectivity index (χ1) is 12.7. The van der Waals surface area contributed by atoms with Crippen molar-refractivity contribution in [2.75, 3.05) is 24.6 Å². The van der Waals surface area contributed by atoms with Gasteiger partial charge in [0.15, 0.2) is 0 Å². The van der Waals surface area contributed by atoms with Gasteiger partial charge in [0.1, 0.15) is 5.56 Å². The number of hydrogen-bond acceptors (Lipinski definition) is 4. The Morgan fingerprint density at radius 1 is 1.12 bits per heavy atom. The maximum atomic E-state index is 12.7. The van der Waals surface area contributed by atoms with Crippen LogP contribution in [0.15, 0.2) is 10.9 Å². The highest BCUT2D eigenvalue weighted by Crippen LogP contribution is 2.24. The van der Waals surface area contributed by atoms with Crippen LogP contribution < -0.4 is 10.9 Å². The molecule has 26 heavy (non-hydrogen) atoms. The number of nitrogens with one attached hydrogen (secondary N) is 2. The van der Waals surface area contributed by atoms with E-state index in [4.69, 9.17) is 0 Å². The highest BCUT2D eigenvalue weighted by molar-refractivity contribution is 7.99. The van der Waals surface area contributed by atoms with E-state index in [2.05, 4.69) is 27.0 Å². The second kappa shape index (κ2) is 8.17. The molecule has 1 aromatic rings. The summed E-state index contributed by atoms with van der Waals surface area (Å²) in [7, 11) is 0. The molecule has 6 heteroatoms. The molecule has 2 fully saturated rings. The molecule has 0 bridgehead atoms. The minimum Gasteiger partial charge on any atom is -0.349 e. The van der Waals surface area contributed by atoms with Gasteiger partial charge in [0.2, 0.25) is 0 Å². The number of rotatable bonds is 3. The number of piperidine rings is 1. The van der Waals surface area contributed by atoms with Gasteiger partial charge in [-0.1, -0.05) is 0 Å². The fourth-order valence-corrected chi connectivity index (χ4v) is 5.65. The van der Waals surface area contributed by atoms with E-state index in [1.54, 1.807) is 0 Å². The zero-order chi connectivity index (χ0) is 17.9. The molecule has 0 saturated carbocycles. The summed E-state index contributed by atoms with van der Waals surface area (Å²) in [5.41, 5.74) is 2.22. The Balaban J connectivity index is 1.35. The molecule has 0 unspecified atom stereocenters. The summed E-state index contributed by atoms with van der Waals surface area (Å²) in [6, 6.07) is 2.75. The summed E-state index contributed by atoms with van der Waals surface area (Å²) in [6.07, 6.45) is 8.70. The summed E-state index contributed by atoms with van der Waals surface area (Å²) in [5.74, 6) is 2.36. The highest BCUT2D eigenvalue weighted by Gasteiger charge is 2.27. The van der Waals surface area contributed by atoms with Crippen LogP contribution in [0.2, 0.25) is 0 Å². The third-order valence-corrected chi connectivity index (χ3v) is 7.20. The second-order valence-electron chi connectivity index (χ2n) is 7.85. The van der Waals surface area contributed by atoms with Crippen LogP contribution in [0.1, 0.15) is 60.1 Å². The largest absolute Gasteiger partial charge is 0.349 e. The molecule has 1 amide bonds. The number of likely N-dealkylation sites (tertiary alicyclic amines) is 1. The SMILES string of the molecule is O=C(NC1CCN(C2CCSCC2)CC1)c1cc2c([nH]c1=O)CCCC2. The summed E-state index contributed by atoms with van der Waals surface area (Å²) >= 11 is 2.06. The van der Waals surface area contributed by atoms with Crippen LogP contribution in [0.25, 0.3) is 0 Å². The molecule has 0 aromatic carbocycles. The molecular weight excluding hydrogens is 346 g/mol. The van der Waals surface area contributed by atoms with Gasteiger partial charge >= 0.3 is 0 Å². The molecule has 1 aromatic heterocycles. The van der Waals surface area contributed by atoms with Gasteiger partial charge in [0, 0.05) is 30.9 Å². The maximum Gasteiger partial charge on any atom is 0.261 e. The van der Waals surface area contributed by atoms with Crippen molar-refractivity contribution in [2.45, 2.75) is 63.5 Å². The van der Waals surface area contributed by atoms with E-state index in [-0.39, 0.29) is 23.1 Å². The lowest BCUT2D eigenvalue weighted by Crippen LogP contribution is -2.49. The maximum absolute atomic E-state index is 12.7. The topological polar surface area (TPSA) is 65.2 Å². The fourth-order valence-electron chi connectivity index (χ4n) is 4.57. The third-order valence-electron chi connectivity index (χ3n) is 6.15. The molecule has 3 heterocycles. The normalized spacial score (nSPS) is 22.8. The van der Waals surface area contributed by atoms with Crippen LogP contribution in [-0.4, -0.2) is 52.5 Å². The van der Waals surface area contributed by atoms with Crippen LogP contribution in [0, 0.1) is 0 Å². The Labute approximate surface area is 159 Å². The number of thioether (sulfide) groups is 1. The fraction of sp³-hybridized carbons (Fsp3) is 0.700. The Morgan fingerprint density at radius 2 is 1.85 bits per heavy atom. The van der Waals surface area contributed by atoms with Crippen molar-refractivity contribution in [3.8, 4) is 0 Å². The molecule has 0 radical (unpaired) electrons. The molecule has 2 saturated heterocycles. The van der Waals surface area contributed by atoms with E-state index in [1.807, 2.05) is 6.07 Å². The van der Waals surface area contributed by atoms with Crippen molar-refractivity contribution >= 4 is 17.7 Å². The van der Waals surface area contributed by atoms with Gasteiger partial charge in [0.25, 0.3) is 11.5 Å². The number of aromatic amines is 1. The monoisotopic (exact) mass is 375 g/mol. The van der Waals surface area contributed by atoms with Gasteiger partial charge in [-0.15, -0.1) is 0 Å². The minimum atomic E-state index is -0.236. The Morgan fingerprint density at radius 3 is 2.62 bits per heavy atom. The lowest BCUT2D eigenvalue weighted by molar-refractivity contribution is 0.0885. The van der Waals surface area contributed by atoms with Crippen LogP contribution >= 0.6 is 11.8 Å². The molecule has 2 N–H and O–H groups in total. The van der Waals surface area contributed by atoms with Crippen LogP contribution in [0.3, 0.4) is 0 Å². The molecule has 0 spiro atoms. The molecular formula is C20H29N3O2S. The second-order valence-corrected chi connectivity index (χ2v) is 9.08. The molecule has 5 nitrogen and oxygen atoms in total. The average Bonchev–Trinajstić information content (AvgIpc) is 2.68. The van der Waals surface area contributed by atoms with Gasteiger partial charge in [-0.2, -0.15) is 11.8 Å². The van der Waals surface area contributed by atoms with Crippen LogP contribution in [-0.2, 0) is 12.8 Å². The first kappa shape index (κ1) is 18.1. The van der Waals surface area contributed by atoms with E-state index < -0.39 is 0 Å². The van der Waals surface area contributed by atoms with Gasteiger partial charge in [0.05, 0.1) is 0 Å². The first-order valence-corrected chi connectivity index (χ1v) is 11.2. The number of aryl methyl sites for hydroxylation is 2.